The minimum absolute atomic E-state index is 0.00820. The van der Waals surface area contributed by atoms with Gasteiger partial charge in [-0.1, -0.05) is 6.42 Å². The molecule has 0 spiro atoms. The Labute approximate surface area is 114 Å². The lowest BCUT2D eigenvalue weighted by Crippen LogP contribution is -2.40. The number of rotatable bonds is 7. The summed E-state index contributed by atoms with van der Waals surface area (Å²) in [6, 6.07) is -0.00820. The molecule has 0 aromatic carbocycles. The molecule has 1 fully saturated rings. The Kier molecular flexibility index (Phi) is 4.59. The molecule has 1 aromatic rings. The normalized spacial score (nSPS) is 18.2. The van der Waals surface area contributed by atoms with E-state index < -0.39 is 10.0 Å². The highest BCUT2D eigenvalue weighted by atomic mass is 32.2. The van der Waals surface area contributed by atoms with Crippen molar-refractivity contribution < 1.29 is 8.42 Å². The Morgan fingerprint density at radius 3 is 2.89 bits per heavy atom. The highest BCUT2D eigenvalue weighted by Crippen LogP contribution is 2.30. The molecule has 0 radical (unpaired) electrons. The largest absolute Gasteiger partial charge is 0.330 e. The Hall–Kier alpha value is -0.920. The third-order valence-corrected chi connectivity index (χ3v) is 5.22. The first-order chi connectivity index (χ1) is 9.03. The molecular weight excluding hydrogens is 264 g/mol. The molecular formula is C12H22N4O2S. The van der Waals surface area contributed by atoms with Crippen molar-refractivity contribution in [2.24, 2.45) is 11.7 Å². The predicted molar refractivity (Wildman–Crippen MR) is 73.0 cm³/mol. The van der Waals surface area contributed by atoms with Crippen molar-refractivity contribution in [3.8, 4) is 0 Å². The standard InChI is InChI=1S/C12H22N4O2S/c1-10(11-4-2-5-11)15-19(17,18)12-8-14-16(9-12)7-3-6-13/h8-11,15H,2-7,13H2,1H3. The van der Waals surface area contributed by atoms with Crippen molar-refractivity contribution >= 4 is 10.0 Å². The number of nitrogens with one attached hydrogen (secondary N) is 1. The van der Waals surface area contributed by atoms with E-state index in [1.165, 1.54) is 12.6 Å². The lowest BCUT2D eigenvalue weighted by atomic mass is 9.81. The molecule has 2 rings (SSSR count). The second kappa shape index (κ2) is 6.02. The van der Waals surface area contributed by atoms with Crippen LogP contribution in [0.15, 0.2) is 17.3 Å². The van der Waals surface area contributed by atoms with Gasteiger partial charge >= 0.3 is 0 Å². The van der Waals surface area contributed by atoms with Gasteiger partial charge in [-0.05, 0) is 38.6 Å². The number of aryl methyl sites for hydroxylation is 1. The maximum absolute atomic E-state index is 12.2. The van der Waals surface area contributed by atoms with Crippen LogP contribution in [0, 0.1) is 5.92 Å². The van der Waals surface area contributed by atoms with Crippen LogP contribution in [0.4, 0.5) is 0 Å². The van der Waals surface area contributed by atoms with Gasteiger partial charge in [0.2, 0.25) is 10.0 Å². The molecule has 1 aliphatic carbocycles. The summed E-state index contributed by atoms with van der Waals surface area (Å²) in [6.45, 7) is 3.14. The zero-order chi connectivity index (χ0) is 13.9. The van der Waals surface area contributed by atoms with E-state index in [9.17, 15) is 8.42 Å². The molecule has 3 N–H and O–H groups in total. The first kappa shape index (κ1) is 14.5. The van der Waals surface area contributed by atoms with Crippen LogP contribution in [0.5, 0.6) is 0 Å². The number of sulfonamides is 1. The Balaban J connectivity index is 1.99. The minimum Gasteiger partial charge on any atom is -0.330 e. The van der Waals surface area contributed by atoms with Crippen molar-refractivity contribution in [3.05, 3.63) is 12.4 Å². The van der Waals surface area contributed by atoms with Crippen LogP contribution in [0.3, 0.4) is 0 Å². The lowest BCUT2D eigenvalue weighted by molar-refractivity contribution is 0.260. The summed E-state index contributed by atoms with van der Waals surface area (Å²) in [4.78, 5) is 0.232. The molecule has 108 valence electrons. The van der Waals surface area contributed by atoms with Gasteiger partial charge in [-0.2, -0.15) is 5.10 Å². The van der Waals surface area contributed by atoms with Gasteiger partial charge in [0, 0.05) is 18.8 Å². The Bertz CT molecular complexity index is 508. The van der Waals surface area contributed by atoms with E-state index in [1.54, 1.807) is 10.9 Å². The fourth-order valence-corrected chi connectivity index (χ4v) is 3.47. The zero-order valence-corrected chi connectivity index (χ0v) is 12.1. The lowest BCUT2D eigenvalue weighted by Gasteiger charge is -2.31. The maximum atomic E-state index is 12.2. The van der Waals surface area contributed by atoms with Crippen LogP contribution >= 0.6 is 0 Å². The predicted octanol–water partition coefficient (Wildman–Crippen LogP) is 0.699. The molecule has 0 aliphatic heterocycles. The van der Waals surface area contributed by atoms with Gasteiger partial charge < -0.3 is 5.73 Å². The van der Waals surface area contributed by atoms with E-state index in [0.29, 0.717) is 19.0 Å². The second-order valence-corrected chi connectivity index (χ2v) is 6.90. The number of nitrogens with two attached hydrogens (primary N) is 1. The van der Waals surface area contributed by atoms with E-state index in [2.05, 4.69) is 9.82 Å². The number of aromatic nitrogens is 2. The molecule has 1 aromatic heterocycles. The maximum Gasteiger partial charge on any atom is 0.243 e. The highest BCUT2D eigenvalue weighted by molar-refractivity contribution is 7.89. The average Bonchev–Trinajstić information content (AvgIpc) is 2.72. The van der Waals surface area contributed by atoms with Crippen LogP contribution in [-0.4, -0.2) is 30.8 Å². The van der Waals surface area contributed by atoms with Crippen molar-refractivity contribution in [2.45, 2.75) is 50.1 Å². The molecule has 7 heteroatoms. The summed E-state index contributed by atoms with van der Waals surface area (Å²) in [5.41, 5.74) is 5.42. The summed E-state index contributed by atoms with van der Waals surface area (Å²) in [5, 5.41) is 4.05. The minimum atomic E-state index is -3.45. The molecule has 1 aliphatic rings. The summed E-state index contributed by atoms with van der Waals surface area (Å²) in [7, 11) is -3.45. The van der Waals surface area contributed by atoms with Crippen molar-refractivity contribution in [1.29, 1.82) is 0 Å². The van der Waals surface area contributed by atoms with Crippen molar-refractivity contribution in [2.75, 3.05) is 6.54 Å². The fraction of sp³-hybridized carbons (Fsp3) is 0.750. The second-order valence-electron chi connectivity index (χ2n) is 5.18. The first-order valence-corrected chi connectivity index (χ1v) is 8.26. The van der Waals surface area contributed by atoms with Crippen LogP contribution in [0.2, 0.25) is 0 Å². The van der Waals surface area contributed by atoms with Crippen molar-refractivity contribution in [1.82, 2.24) is 14.5 Å². The quantitative estimate of drug-likeness (QED) is 0.772. The molecule has 6 nitrogen and oxygen atoms in total. The molecule has 1 atom stereocenters. The summed E-state index contributed by atoms with van der Waals surface area (Å²) in [6.07, 6.45) is 7.16. The Morgan fingerprint density at radius 2 is 2.32 bits per heavy atom. The molecule has 1 unspecified atom stereocenters. The third kappa shape index (κ3) is 3.55. The van der Waals surface area contributed by atoms with Crippen LogP contribution < -0.4 is 10.5 Å². The number of hydrogen-bond acceptors (Lipinski definition) is 4. The van der Waals surface area contributed by atoms with Gasteiger partial charge in [0.15, 0.2) is 0 Å². The van der Waals surface area contributed by atoms with E-state index in [1.807, 2.05) is 6.92 Å². The van der Waals surface area contributed by atoms with Gasteiger partial charge in [0.1, 0.15) is 4.90 Å². The van der Waals surface area contributed by atoms with Gasteiger partial charge in [0.25, 0.3) is 0 Å². The van der Waals surface area contributed by atoms with Crippen LogP contribution in [0.1, 0.15) is 32.6 Å². The van der Waals surface area contributed by atoms with Crippen molar-refractivity contribution in [3.63, 3.8) is 0 Å². The Morgan fingerprint density at radius 1 is 1.58 bits per heavy atom. The topological polar surface area (TPSA) is 90.0 Å². The zero-order valence-electron chi connectivity index (χ0n) is 11.2. The van der Waals surface area contributed by atoms with Crippen LogP contribution in [-0.2, 0) is 16.6 Å². The number of hydrogen-bond donors (Lipinski definition) is 2. The summed E-state index contributed by atoms with van der Waals surface area (Å²) >= 11 is 0. The SMILES string of the molecule is CC(NS(=O)(=O)c1cnn(CCCN)c1)C1CCC1. The monoisotopic (exact) mass is 286 g/mol. The average molecular weight is 286 g/mol. The fourth-order valence-electron chi connectivity index (χ4n) is 2.21. The highest BCUT2D eigenvalue weighted by Gasteiger charge is 2.28. The summed E-state index contributed by atoms with van der Waals surface area (Å²) in [5.74, 6) is 0.474. The first-order valence-electron chi connectivity index (χ1n) is 6.78. The number of nitrogens with zero attached hydrogens (tertiary/aromatic N) is 2. The smallest absolute Gasteiger partial charge is 0.243 e. The van der Waals surface area contributed by atoms with Gasteiger partial charge in [-0.25, -0.2) is 13.1 Å². The summed E-state index contributed by atoms with van der Waals surface area (Å²) < 4.78 is 28.7. The molecule has 1 saturated carbocycles. The molecule has 1 heterocycles. The molecule has 0 amide bonds. The molecule has 0 bridgehead atoms. The van der Waals surface area contributed by atoms with Gasteiger partial charge in [-0.3, -0.25) is 4.68 Å². The van der Waals surface area contributed by atoms with Gasteiger partial charge in [-0.15, -0.1) is 0 Å². The molecule has 0 saturated heterocycles. The van der Waals surface area contributed by atoms with E-state index >= 15 is 0 Å². The van der Waals surface area contributed by atoms with Gasteiger partial charge in [0.05, 0.1) is 6.20 Å². The van der Waals surface area contributed by atoms with Crippen LogP contribution in [0.25, 0.3) is 0 Å². The van der Waals surface area contributed by atoms with E-state index in [4.69, 9.17) is 5.73 Å². The molecule has 19 heavy (non-hydrogen) atoms. The van der Waals surface area contributed by atoms with E-state index in [0.717, 1.165) is 19.3 Å². The van der Waals surface area contributed by atoms with E-state index in [-0.39, 0.29) is 10.9 Å². The third-order valence-electron chi connectivity index (χ3n) is 3.71.